The Morgan fingerprint density at radius 2 is 1.28 bits per heavy atom. The maximum Gasteiger partial charge on any atom is 0.323 e. The van der Waals surface area contributed by atoms with Gasteiger partial charge in [0, 0.05) is 6.54 Å². The van der Waals surface area contributed by atoms with Gasteiger partial charge in [0.15, 0.2) is 0 Å². The standard InChI is InChI=1S/C21H41NO3/c1-2-3-4-5-6-7-8-9-10-11-12-13-14-15-17-22-18-16-19(23)20(22)21(24)25/h19-20,23H,2-18H2,1H3,(H,24,25)/t19?,20-/m0/s1. The molecule has 1 unspecified atom stereocenters. The minimum absolute atomic E-state index is 0.593. The Bertz CT molecular complexity index is 335. The Morgan fingerprint density at radius 3 is 1.72 bits per heavy atom. The molecule has 4 nitrogen and oxygen atoms in total. The summed E-state index contributed by atoms with van der Waals surface area (Å²) in [5.74, 6) is -0.879. The number of aliphatic carboxylic acids is 1. The molecule has 1 aliphatic heterocycles. The van der Waals surface area contributed by atoms with Crippen molar-refractivity contribution in [3.8, 4) is 0 Å². The van der Waals surface area contributed by atoms with E-state index in [1.54, 1.807) is 0 Å². The van der Waals surface area contributed by atoms with Gasteiger partial charge in [0.05, 0.1) is 6.10 Å². The summed E-state index contributed by atoms with van der Waals surface area (Å²) < 4.78 is 0. The van der Waals surface area contributed by atoms with Crippen molar-refractivity contribution in [3.63, 3.8) is 0 Å². The highest BCUT2D eigenvalue weighted by Gasteiger charge is 2.37. The number of carboxylic acid groups (broad SMARTS) is 1. The molecular formula is C21H41NO3. The van der Waals surface area contributed by atoms with Gasteiger partial charge in [0.1, 0.15) is 6.04 Å². The number of hydrogen-bond acceptors (Lipinski definition) is 3. The van der Waals surface area contributed by atoms with Crippen LogP contribution in [-0.2, 0) is 4.79 Å². The number of nitrogens with zero attached hydrogens (tertiary/aromatic N) is 1. The van der Waals surface area contributed by atoms with Gasteiger partial charge in [-0.05, 0) is 19.4 Å². The van der Waals surface area contributed by atoms with Crippen LogP contribution in [0.1, 0.15) is 103 Å². The van der Waals surface area contributed by atoms with Gasteiger partial charge >= 0.3 is 5.97 Å². The van der Waals surface area contributed by atoms with Crippen LogP contribution in [0.2, 0.25) is 0 Å². The van der Waals surface area contributed by atoms with E-state index in [4.69, 9.17) is 5.11 Å². The molecular weight excluding hydrogens is 314 g/mol. The van der Waals surface area contributed by atoms with E-state index in [1.165, 1.54) is 83.5 Å². The van der Waals surface area contributed by atoms with Crippen LogP contribution in [0, 0.1) is 0 Å². The maximum absolute atomic E-state index is 11.2. The summed E-state index contributed by atoms with van der Waals surface area (Å²) in [4.78, 5) is 13.1. The molecule has 0 aromatic rings. The average molecular weight is 356 g/mol. The van der Waals surface area contributed by atoms with Crippen molar-refractivity contribution < 1.29 is 15.0 Å². The summed E-state index contributed by atoms with van der Waals surface area (Å²) in [6.07, 6.45) is 18.6. The quantitative estimate of drug-likeness (QED) is 0.383. The predicted octanol–water partition coefficient (Wildman–Crippen LogP) is 4.99. The van der Waals surface area contributed by atoms with E-state index in [0.717, 1.165) is 19.5 Å². The highest BCUT2D eigenvalue weighted by atomic mass is 16.4. The van der Waals surface area contributed by atoms with Crippen molar-refractivity contribution >= 4 is 5.97 Å². The monoisotopic (exact) mass is 355 g/mol. The van der Waals surface area contributed by atoms with E-state index < -0.39 is 18.1 Å². The Hall–Kier alpha value is -0.610. The molecule has 1 saturated heterocycles. The first-order chi connectivity index (χ1) is 12.2. The zero-order valence-corrected chi connectivity index (χ0v) is 16.4. The zero-order valence-electron chi connectivity index (χ0n) is 16.4. The van der Waals surface area contributed by atoms with Crippen molar-refractivity contribution in [1.29, 1.82) is 0 Å². The summed E-state index contributed by atoms with van der Waals surface area (Å²) >= 11 is 0. The number of carboxylic acids is 1. The van der Waals surface area contributed by atoms with E-state index in [-0.39, 0.29) is 0 Å². The molecule has 1 fully saturated rings. The van der Waals surface area contributed by atoms with Crippen molar-refractivity contribution in [2.24, 2.45) is 0 Å². The highest BCUT2D eigenvalue weighted by molar-refractivity contribution is 5.74. The van der Waals surface area contributed by atoms with Crippen molar-refractivity contribution in [2.45, 2.75) is 115 Å². The van der Waals surface area contributed by atoms with Crippen molar-refractivity contribution in [1.82, 2.24) is 4.90 Å². The zero-order chi connectivity index (χ0) is 18.3. The topological polar surface area (TPSA) is 60.8 Å². The van der Waals surface area contributed by atoms with E-state index >= 15 is 0 Å². The normalized spacial score (nSPS) is 21.0. The van der Waals surface area contributed by atoms with Gasteiger partial charge in [0.2, 0.25) is 0 Å². The molecule has 1 aliphatic rings. The van der Waals surface area contributed by atoms with Crippen LogP contribution < -0.4 is 0 Å². The second-order valence-corrected chi connectivity index (χ2v) is 7.77. The smallest absolute Gasteiger partial charge is 0.323 e. The number of unbranched alkanes of at least 4 members (excludes halogenated alkanes) is 13. The summed E-state index contributed by atoms with van der Waals surface area (Å²) in [5.41, 5.74) is 0. The Balaban J connectivity index is 1.84. The first kappa shape index (κ1) is 22.4. The summed E-state index contributed by atoms with van der Waals surface area (Å²) in [6, 6.07) is -0.679. The Labute approximate surface area is 155 Å². The van der Waals surface area contributed by atoms with Crippen LogP contribution in [-0.4, -0.2) is 46.3 Å². The van der Waals surface area contributed by atoms with E-state index in [2.05, 4.69) is 6.92 Å². The first-order valence-corrected chi connectivity index (χ1v) is 10.8. The molecule has 2 N–H and O–H groups in total. The Kier molecular flexibility index (Phi) is 13.1. The van der Waals surface area contributed by atoms with E-state index in [9.17, 15) is 9.90 Å². The third kappa shape index (κ3) is 10.2. The molecule has 0 radical (unpaired) electrons. The van der Waals surface area contributed by atoms with Gasteiger partial charge in [-0.25, -0.2) is 0 Å². The lowest BCUT2D eigenvalue weighted by atomic mass is 10.0. The van der Waals surface area contributed by atoms with E-state index in [0.29, 0.717) is 6.42 Å². The largest absolute Gasteiger partial charge is 0.480 e. The molecule has 0 aliphatic carbocycles. The first-order valence-electron chi connectivity index (χ1n) is 10.8. The van der Waals surface area contributed by atoms with Gasteiger partial charge in [-0.3, -0.25) is 9.69 Å². The molecule has 4 heteroatoms. The molecule has 1 heterocycles. The summed E-state index contributed by atoms with van der Waals surface area (Å²) in [6.45, 7) is 3.80. The number of hydrogen-bond donors (Lipinski definition) is 2. The third-order valence-electron chi connectivity index (χ3n) is 5.52. The van der Waals surface area contributed by atoms with Crippen molar-refractivity contribution in [3.05, 3.63) is 0 Å². The number of rotatable bonds is 16. The number of likely N-dealkylation sites (tertiary alicyclic amines) is 1. The van der Waals surface area contributed by atoms with Crippen molar-refractivity contribution in [2.75, 3.05) is 13.1 Å². The van der Waals surface area contributed by atoms with Crippen LogP contribution in [0.25, 0.3) is 0 Å². The average Bonchev–Trinajstić information content (AvgIpc) is 2.96. The molecule has 1 rings (SSSR count). The fourth-order valence-corrected chi connectivity index (χ4v) is 3.92. The number of aliphatic hydroxyl groups excluding tert-OH is 1. The molecule has 2 atom stereocenters. The lowest BCUT2D eigenvalue weighted by Gasteiger charge is -2.22. The molecule has 0 saturated carbocycles. The van der Waals surface area contributed by atoms with Crippen LogP contribution in [0.5, 0.6) is 0 Å². The van der Waals surface area contributed by atoms with Crippen LogP contribution in [0.4, 0.5) is 0 Å². The lowest BCUT2D eigenvalue weighted by molar-refractivity contribution is -0.145. The molecule has 0 bridgehead atoms. The third-order valence-corrected chi connectivity index (χ3v) is 5.52. The molecule has 25 heavy (non-hydrogen) atoms. The predicted molar refractivity (Wildman–Crippen MR) is 104 cm³/mol. The van der Waals surface area contributed by atoms with Gasteiger partial charge in [-0.2, -0.15) is 0 Å². The van der Waals surface area contributed by atoms with Crippen LogP contribution in [0.15, 0.2) is 0 Å². The molecule has 148 valence electrons. The maximum atomic E-state index is 11.2. The number of carbonyl (C=O) groups is 1. The SMILES string of the molecule is CCCCCCCCCCCCCCCCN1CCC(O)[C@H]1C(=O)O. The molecule has 0 aromatic heterocycles. The summed E-state index contributed by atoms with van der Waals surface area (Å²) in [5, 5.41) is 18.9. The summed E-state index contributed by atoms with van der Waals surface area (Å²) in [7, 11) is 0. The van der Waals surface area contributed by atoms with Gasteiger partial charge in [0.25, 0.3) is 0 Å². The van der Waals surface area contributed by atoms with Gasteiger partial charge in [-0.15, -0.1) is 0 Å². The fourth-order valence-electron chi connectivity index (χ4n) is 3.92. The second-order valence-electron chi connectivity index (χ2n) is 7.77. The lowest BCUT2D eigenvalue weighted by Crippen LogP contribution is -2.42. The molecule has 0 amide bonds. The van der Waals surface area contributed by atoms with Crippen LogP contribution in [0.3, 0.4) is 0 Å². The van der Waals surface area contributed by atoms with Crippen LogP contribution >= 0.6 is 0 Å². The number of aliphatic hydroxyl groups is 1. The second kappa shape index (κ2) is 14.5. The fraction of sp³-hybridized carbons (Fsp3) is 0.952. The minimum atomic E-state index is -0.879. The minimum Gasteiger partial charge on any atom is -0.480 e. The van der Waals surface area contributed by atoms with Gasteiger partial charge in [-0.1, -0.05) is 90.4 Å². The van der Waals surface area contributed by atoms with E-state index in [1.807, 2.05) is 4.90 Å². The molecule has 0 aromatic carbocycles. The Morgan fingerprint density at radius 1 is 0.840 bits per heavy atom. The highest BCUT2D eigenvalue weighted by Crippen LogP contribution is 2.19. The molecule has 0 spiro atoms. The van der Waals surface area contributed by atoms with Gasteiger partial charge < -0.3 is 10.2 Å².